The molecule has 4 nitrogen and oxygen atoms in total. The third-order valence-corrected chi connectivity index (χ3v) is 3.47. The van der Waals surface area contributed by atoms with Gasteiger partial charge in [-0.15, -0.1) is 0 Å². The zero-order valence-electron chi connectivity index (χ0n) is 10.7. The maximum atomic E-state index is 8.81. The molecule has 3 N–H and O–H groups in total. The van der Waals surface area contributed by atoms with Crippen LogP contribution in [-0.4, -0.2) is 66.8 Å². The van der Waals surface area contributed by atoms with Crippen molar-refractivity contribution in [3.8, 4) is 0 Å². The average molecular weight is 229 g/mol. The van der Waals surface area contributed by atoms with E-state index in [0.717, 1.165) is 19.6 Å². The molecule has 0 aromatic carbocycles. The van der Waals surface area contributed by atoms with Crippen molar-refractivity contribution in [2.24, 2.45) is 5.73 Å². The van der Waals surface area contributed by atoms with Gasteiger partial charge in [0.15, 0.2) is 0 Å². The van der Waals surface area contributed by atoms with E-state index >= 15 is 0 Å². The Kier molecular flexibility index (Phi) is 6.28. The largest absolute Gasteiger partial charge is 0.396 e. The van der Waals surface area contributed by atoms with Gasteiger partial charge in [-0.05, 0) is 39.4 Å². The van der Waals surface area contributed by atoms with E-state index in [1.807, 2.05) is 0 Å². The van der Waals surface area contributed by atoms with Crippen LogP contribution in [0.4, 0.5) is 0 Å². The van der Waals surface area contributed by atoms with Crippen molar-refractivity contribution < 1.29 is 5.11 Å². The van der Waals surface area contributed by atoms with Crippen LogP contribution in [0.15, 0.2) is 0 Å². The maximum absolute atomic E-state index is 8.81. The van der Waals surface area contributed by atoms with Crippen LogP contribution in [0.25, 0.3) is 0 Å². The van der Waals surface area contributed by atoms with Crippen molar-refractivity contribution >= 4 is 0 Å². The standard InChI is InChI=1S/C12H27N3O/c1-3-15-7-4-5-12(15)10-14(2)9-11(13)6-8-16/h11-12,16H,3-10,13H2,1-2H3. The molecule has 1 aliphatic heterocycles. The first-order valence-electron chi connectivity index (χ1n) is 6.46. The molecule has 96 valence electrons. The van der Waals surface area contributed by atoms with Gasteiger partial charge in [0.05, 0.1) is 0 Å². The number of likely N-dealkylation sites (tertiary alicyclic amines) is 1. The molecular formula is C12H27N3O. The highest BCUT2D eigenvalue weighted by Gasteiger charge is 2.24. The third kappa shape index (κ3) is 4.37. The molecule has 0 aliphatic carbocycles. The smallest absolute Gasteiger partial charge is 0.0446 e. The molecule has 1 heterocycles. The molecule has 1 rings (SSSR count). The monoisotopic (exact) mass is 229 g/mol. The van der Waals surface area contributed by atoms with Crippen molar-refractivity contribution in [3.05, 3.63) is 0 Å². The molecule has 2 atom stereocenters. The Bertz CT molecular complexity index is 189. The van der Waals surface area contributed by atoms with Crippen molar-refractivity contribution in [1.82, 2.24) is 9.80 Å². The second-order valence-electron chi connectivity index (χ2n) is 4.92. The minimum absolute atomic E-state index is 0.103. The summed E-state index contributed by atoms with van der Waals surface area (Å²) >= 11 is 0. The summed E-state index contributed by atoms with van der Waals surface area (Å²) in [6.45, 7) is 6.82. The number of hydrogen-bond acceptors (Lipinski definition) is 4. The molecule has 0 aromatic rings. The Morgan fingerprint density at radius 3 is 2.94 bits per heavy atom. The van der Waals surface area contributed by atoms with Gasteiger partial charge in [0.2, 0.25) is 0 Å². The van der Waals surface area contributed by atoms with Gasteiger partial charge < -0.3 is 15.7 Å². The van der Waals surface area contributed by atoms with E-state index in [0.29, 0.717) is 12.5 Å². The summed E-state index contributed by atoms with van der Waals surface area (Å²) < 4.78 is 0. The summed E-state index contributed by atoms with van der Waals surface area (Å²) in [6, 6.07) is 0.808. The predicted octanol–water partition coefficient (Wildman–Crippen LogP) is 0.112. The lowest BCUT2D eigenvalue weighted by Crippen LogP contribution is -2.43. The van der Waals surface area contributed by atoms with E-state index in [9.17, 15) is 0 Å². The van der Waals surface area contributed by atoms with Gasteiger partial charge in [0.1, 0.15) is 0 Å². The Balaban J connectivity index is 2.24. The van der Waals surface area contributed by atoms with Crippen LogP contribution in [0, 0.1) is 0 Å². The molecular weight excluding hydrogens is 202 g/mol. The Labute approximate surface area is 99.4 Å². The molecule has 1 saturated heterocycles. The number of nitrogens with zero attached hydrogens (tertiary/aromatic N) is 2. The second-order valence-corrected chi connectivity index (χ2v) is 4.92. The molecule has 0 aromatic heterocycles. The normalized spacial score (nSPS) is 24.2. The van der Waals surface area contributed by atoms with Gasteiger partial charge in [0.25, 0.3) is 0 Å². The summed E-state index contributed by atoms with van der Waals surface area (Å²) in [6.07, 6.45) is 3.34. The molecule has 0 radical (unpaired) electrons. The molecule has 2 unspecified atom stereocenters. The molecule has 0 bridgehead atoms. The summed E-state index contributed by atoms with van der Waals surface area (Å²) in [7, 11) is 2.13. The number of aliphatic hydroxyl groups excluding tert-OH is 1. The number of rotatable bonds is 7. The van der Waals surface area contributed by atoms with E-state index in [2.05, 4.69) is 23.8 Å². The van der Waals surface area contributed by atoms with E-state index in [-0.39, 0.29) is 12.6 Å². The Morgan fingerprint density at radius 1 is 1.56 bits per heavy atom. The van der Waals surface area contributed by atoms with Crippen molar-refractivity contribution in [2.75, 3.05) is 39.8 Å². The van der Waals surface area contributed by atoms with Crippen LogP contribution in [-0.2, 0) is 0 Å². The first-order chi connectivity index (χ1) is 7.67. The van der Waals surface area contributed by atoms with Crippen molar-refractivity contribution in [1.29, 1.82) is 0 Å². The number of likely N-dealkylation sites (N-methyl/N-ethyl adjacent to an activating group) is 2. The number of hydrogen-bond donors (Lipinski definition) is 2. The van der Waals surface area contributed by atoms with Gasteiger partial charge in [-0.2, -0.15) is 0 Å². The van der Waals surface area contributed by atoms with Crippen molar-refractivity contribution in [2.45, 2.75) is 38.3 Å². The van der Waals surface area contributed by atoms with Gasteiger partial charge in [-0.1, -0.05) is 6.92 Å². The lowest BCUT2D eigenvalue weighted by atomic mass is 10.2. The number of nitrogens with two attached hydrogens (primary N) is 1. The third-order valence-electron chi connectivity index (χ3n) is 3.47. The van der Waals surface area contributed by atoms with Gasteiger partial charge in [-0.25, -0.2) is 0 Å². The first kappa shape index (κ1) is 13.9. The van der Waals surface area contributed by atoms with E-state index in [1.165, 1.54) is 19.4 Å². The molecule has 1 fully saturated rings. The lowest BCUT2D eigenvalue weighted by molar-refractivity contribution is 0.185. The Hall–Kier alpha value is -0.160. The van der Waals surface area contributed by atoms with E-state index in [1.54, 1.807) is 0 Å². The maximum Gasteiger partial charge on any atom is 0.0446 e. The molecule has 0 saturated carbocycles. The fourth-order valence-corrected chi connectivity index (χ4v) is 2.61. The zero-order chi connectivity index (χ0) is 12.0. The van der Waals surface area contributed by atoms with Gasteiger partial charge in [-0.3, -0.25) is 4.90 Å². The zero-order valence-corrected chi connectivity index (χ0v) is 10.7. The summed E-state index contributed by atoms with van der Waals surface area (Å²) in [5, 5.41) is 8.81. The van der Waals surface area contributed by atoms with Crippen LogP contribution in [0.1, 0.15) is 26.2 Å². The van der Waals surface area contributed by atoms with Gasteiger partial charge in [0, 0.05) is 31.8 Å². The lowest BCUT2D eigenvalue weighted by Gasteiger charge is -2.29. The fraction of sp³-hybridized carbons (Fsp3) is 1.00. The molecule has 0 amide bonds. The second kappa shape index (κ2) is 7.22. The highest BCUT2D eigenvalue weighted by Crippen LogP contribution is 2.17. The Morgan fingerprint density at radius 2 is 2.31 bits per heavy atom. The summed E-state index contributed by atoms with van der Waals surface area (Å²) in [4.78, 5) is 4.85. The molecule has 1 aliphatic rings. The van der Waals surface area contributed by atoms with Crippen LogP contribution in [0.5, 0.6) is 0 Å². The van der Waals surface area contributed by atoms with Gasteiger partial charge >= 0.3 is 0 Å². The van der Waals surface area contributed by atoms with Crippen LogP contribution >= 0.6 is 0 Å². The minimum atomic E-state index is 0.103. The molecule has 0 spiro atoms. The first-order valence-corrected chi connectivity index (χ1v) is 6.46. The topological polar surface area (TPSA) is 52.7 Å². The fourth-order valence-electron chi connectivity index (χ4n) is 2.61. The highest BCUT2D eigenvalue weighted by atomic mass is 16.3. The van der Waals surface area contributed by atoms with E-state index < -0.39 is 0 Å². The van der Waals surface area contributed by atoms with Crippen LogP contribution < -0.4 is 5.73 Å². The summed E-state index contributed by atoms with van der Waals surface area (Å²) in [5.41, 5.74) is 5.91. The van der Waals surface area contributed by atoms with Crippen molar-refractivity contribution in [3.63, 3.8) is 0 Å². The minimum Gasteiger partial charge on any atom is -0.396 e. The SMILES string of the molecule is CCN1CCCC1CN(C)CC(N)CCO. The number of aliphatic hydroxyl groups is 1. The highest BCUT2D eigenvalue weighted by molar-refractivity contribution is 4.81. The average Bonchev–Trinajstić information content (AvgIpc) is 2.65. The molecule has 16 heavy (non-hydrogen) atoms. The predicted molar refractivity (Wildman–Crippen MR) is 67.4 cm³/mol. The quantitative estimate of drug-likeness (QED) is 0.651. The van der Waals surface area contributed by atoms with E-state index in [4.69, 9.17) is 10.8 Å². The van der Waals surface area contributed by atoms with Crippen LogP contribution in [0.3, 0.4) is 0 Å². The van der Waals surface area contributed by atoms with Crippen LogP contribution in [0.2, 0.25) is 0 Å². The summed E-state index contributed by atoms with van der Waals surface area (Å²) in [5.74, 6) is 0. The molecule has 4 heteroatoms.